The molecule has 0 rings (SSSR count). The van der Waals surface area contributed by atoms with E-state index in [4.69, 9.17) is 37.0 Å². The van der Waals surface area contributed by atoms with Crippen molar-refractivity contribution in [2.75, 3.05) is 39.6 Å². The highest BCUT2D eigenvalue weighted by Gasteiger charge is 2.30. The predicted molar refractivity (Wildman–Crippen MR) is 390 cm³/mol. The molecule has 0 radical (unpaired) electrons. The lowest BCUT2D eigenvalue weighted by molar-refractivity contribution is -0.161. The number of esters is 4. The monoisotopic (exact) mass is 1390 g/mol. The normalized spacial score (nSPS) is 14.4. The quantitative estimate of drug-likeness (QED) is 0.0169. The average molecular weight is 1400 g/mol. The number of aliphatic hydroxyl groups is 1. The zero-order chi connectivity index (χ0) is 70.4. The van der Waals surface area contributed by atoms with Crippen LogP contribution in [-0.4, -0.2) is 96.7 Å². The Morgan fingerprint density at radius 3 is 0.896 bits per heavy atom. The molecule has 19 heteroatoms. The molecule has 0 bridgehead atoms. The second kappa shape index (κ2) is 69.7. The van der Waals surface area contributed by atoms with Gasteiger partial charge in [0.1, 0.15) is 19.3 Å². The van der Waals surface area contributed by atoms with Crippen LogP contribution in [0, 0.1) is 0 Å². The van der Waals surface area contributed by atoms with E-state index in [9.17, 15) is 43.2 Å². The van der Waals surface area contributed by atoms with Gasteiger partial charge in [0.15, 0.2) is 12.2 Å². The van der Waals surface area contributed by atoms with Crippen LogP contribution in [0.25, 0.3) is 0 Å². The molecule has 0 aliphatic rings. The zero-order valence-corrected chi connectivity index (χ0v) is 62.3. The number of unbranched alkanes of at least 4 members (excludes halogenated alkanes) is 31. The maximum absolute atomic E-state index is 13.1. The van der Waals surface area contributed by atoms with E-state index in [1.807, 2.05) is 0 Å². The van der Waals surface area contributed by atoms with Crippen molar-refractivity contribution < 1.29 is 80.2 Å². The SMILES string of the molecule is CC/C=C\C/C=C\C/C=C\CCCCCCCC(=O)OCC(COP(=O)(O)OCC(O)COP(=O)(O)OCC(COC(=O)CCCCCCC/C=C\C/C=C\CCCCC)OC(=O)CCCCCCC/C=C\C/C=C\CCC)OC(=O)CCCCCCCCCCCCCCC. The molecule has 0 aromatic carbocycles. The highest BCUT2D eigenvalue weighted by Crippen LogP contribution is 2.45. The summed E-state index contributed by atoms with van der Waals surface area (Å²) in [5.74, 6) is -2.21. The second-order valence-corrected chi connectivity index (χ2v) is 28.1. The number of carbonyl (C=O) groups excluding carboxylic acids is 4. The second-order valence-electron chi connectivity index (χ2n) is 25.2. The van der Waals surface area contributed by atoms with Crippen LogP contribution < -0.4 is 0 Å². The Bertz CT molecular complexity index is 2160. The molecule has 556 valence electrons. The number of phosphoric acid groups is 2. The molecule has 96 heavy (non-hydrogen) atoms. The van der Waals surface area contributed by atoms with Gasteiger partial charge in [-0.3, -0.25) is 37.3 Å². The molecule has 0 aliphatic carbocycles. The molecule has 0 aromatic rings. The van der Waals surface area contributed by atoms with Gasteiger partial charge in [-0.2, -0.15) is 0 Å². The highest BCUT2D eigenvalue weighted by molar-refractivity contribution is 7.47. The summed E-state index contributed by atoms with van der Waals surface area (Å²) in [5, 5.41) is 10.6. The molecule has 0 saturated heterocycles. The number of ether oxygens (including phenoxy) is 4. The molecule has 0 spiro atoms. The fourth-order valence-electron chi connectivity index (χ4n) is 10.1. The Labute approximate surface area is 583 Å². The molecular weight excluding hydrogens is 1260 g/mol. The Kier molecular flexibility index (Phi) is 67.0. The van der Waals surface area contributed by atoms with Gasteiger partial charge in [-0.25, -0.2) is 9.13 Å². The van der Waals surface area contributed by atoms with Gasteiger partial charge in [0.25, 0.3) is 0 Å². The van der Waals surface area contributed by atoms with Crippen LogP contribution in [0.5, 0.6) is 0 Å². The third-order valence-electron chi connectivity index (χ3n) is 15.8. The maximum atomic E-state index is 13.1. The van der Waals surface area contributed by atoms with Crippen molar-refractivity contribution in [2.24, 2.45) is 0 Å². The molecule has 17 nitrogen and oxygen atoms in total. The van der Waals surface area contributed by atoms with E-state index >= 15 is 0 Å². The summed E-state index contributed by atoms with van der Waals surface area (Å²) in [7, 11) is -9.95. The van der Waals surface area contributed by atoms with Gasteiger partial charge in [-0.15, -0.1) is 0 Å². The Balaban J connectivity index is 5.35. The van der Waals surface area contributed by atoms with Crippen LogP contribution in [0.3, 0.4) is 0 Å². The summed E-state index contributed by atoms with van der Waals surface area (Å²) in [6.45, 7) is 4.65. The molecule has 0 saturated carbocycles. The van der Waals surface area contributed by atoms with E-state index in [1.54, 1.807) is 0 Å². The number of hydrogen-bond donors (Lipinski definition) is 3. The molecule has 0 fully saturated rings. The van der Waals surface area contributed by atoms with Gasteiger partial charge in [0.05, 0.1) is 26.4 Å². The van der Waals surface area contributed by atoms with Crippen molar-refractivity contribution in [3.8, 4) is 0 Å². The van der Waals surface area contributed by atoms with E-state index in [0.717, 1.165) is 173 Å². The first-order chi connectivity index (χ1) is 46.7. The van der Waals surface area contributed by atoms with E-state index < -0.39 is 97.5 Å². The van der Waals surface area contributed by atoms with Crippen LogP contribution >= 0.6 is 15.6 Å². The largest absolute Gasteiger partial charge is 0.472 e. The zero-order valence-electron chi connectivity index (χ0n) is 60.5. The van der Waals surface area contributed by atoms with Crippen LogP contribution in [0.1, 0.15) is 323 Å². The lowest BCUT2D eigenvalue weighted by Crippen LogP contribution is -2.30. The molecule has 0 heterocycles. The third kappa shape index (κ3) is 68.8. The molecule has 0 aromatic heterocycles. The number of rotatable bonds is 71. The Hall–Kier alpha value is -3.76. The average Bonchev–Trinajstić information content (AvgIpc) is 1.14. The smallest absolute Gasteiger partial charge is 0.462 e. The first kappa shape index (κ1) is 92.2. The fourth-order valence-corrected chi connectivity index (χ4v) is 11.6. The maximum Gasteiger partial charge on any atom is 0.472 e. The molecule has 5 unspecified atom stereocenters. The van der Waals surface area contributed by atoms with Gasteiger partial charge in [0, 0.05) is 25.7 Å². The predicted octanol–water partition coefficient (Wildman–Crippen LogP) is 21.4. The molecule has 5 atom stereocenters. The molecule has 0 aliphatic heterocycles. The number of aliphatic hydroxyl groups excluding tert-OH is 1. The number of phosphoric ester groups is 2. The van der Waals surface area contributed by atoms with Gasteiger partial charge < -0.3 is 33.8 Å². The number of hydrogen-bond acceptors (Lipinski definition) is 15. The number of carbonyl (C=O) groups is 4. The van der Waals surface area contributed by atoms with Gasteiger partial charge in [-0.05, 0) is 116 Å². The van der Waals surface area contributed by atoms with Crippen LogP contribution in [0.2, 0.25) is 0 Å². The third-order valence-corrected chi connectivity index (χ3v) is 17.7. The first-order valence-electron chi connectivity index (χ1n) is 37.8. The number of allylic oxidation sites excluding steroid dienone is 14. The lowest BCUT2D eigenvalue weighted by atomic mass is 10.0. The lowest BCUT2D eigenvalue weighted by Gasteiger charge is -2.21. The summed E-state index contributed by atoms with van der Waals surface area (Å²) < 4.78 is 68.4. The minimum Gasteiger partial charge on any atom is -0.462 e. The topological polar surface area (TPSA) is 237 Å². The summed E-state index contributed by atoms with van der Waals surface area (Å²) in [6.07, 6.45) is 70.0. The molecule has 3 N–H and O–H groups in total. The summed E-state index contributed by atoms with van der Waals surface area (Å²) in [4.78, 5) is 72.8. The van der Waals surface area contributed by atoms with Crippen molar-refractivity contribution in [1.82, 2.24) is 0 Å². The minimum absolute atomic E-state index is 0.0768. The van der Waals surface area contributed by atoms with E-state index in [-0.39, 0.29) is 25.7 Å². The van der Waals surface area contributed by atoms with Crippen molar-refractivity contribution in [1.29, 1.82) is 0 Å². The molecule has 0 amide bonds. The van der Waals surface area contributed by atoms with Gasteiger partial charge >= 0.3 is 39.5 Å². The summed E-state index contributed by atoms with van der Waals surface area (Å²) >= 11 is 0. The standard InChI is InChI=1S/C77H136O17P2/c1-5-9-13-17-21-25-29-33-35-39-41-45-49-53-57-61-74(79)87-67-72(93-76(81)63-59-55-51-47-43-37-31-27-23-19-15-11-7-3)69-91-95(83,84)89-65-71(78)66-90-96(85,86)92-70-73(94-77(82)64-60-56-52-48-44-38-32-28-24-20-16-12-8-4)68-88-75(80)62-58-54-50-46-42-40-36-34-30-26-22-18-14-10-6-2/h9,13,16,20-22,25-26,28,32-36,71-73,78H,5-8,10-12,14-15,17-19,23-24,27,29-31,37-70H2,1-4H3,(H,83,84)(H,85,86)/b13-9-,20-16-,25-21-,26-22-,32-28-,35-33-,36-34-. The van der Waals surface area contributed by atoms with E-state index in [2.05, 4.69) is 113 Å². The van der Waals surface area contributed by atoms with E-state index in [1.165, 1.54) is 70.6 Å². The van der Waals surface area contributed by atoms with Crippen LogP contribution in [-0.2, 0) is 65.4 Å². The Morgan fingerprint density at radius 1 is 0.302 bits per heavy atom. The highest BCUT2D eigenvalue weighted by atomic mass is 31.2. The van der Waals surface area contributed by atoms with Crippen molar-refractivity contribution in [2.45, 2.75) is 341 Å². The fraction of sp³-hybridized carbons (Fsp3) is 0.766. The Morgan fingerprint density at radius 2 is 0.562 bits per heavy atom. The van der Waals surface area contributed by atoms with Crippen LogP contribution in [0.15, 0.2) is 85.1 Å². The van der Waals surface area contributed by atoms with E-state index in [0.29, 0.717) is 25.7 Å². The van der Waals surface area contributed by atoms with Gasteiger partial charge in [0.2, 0.25) is 0 Å². The van der Waals surface area contributed by atoms with Crippen molar-refractivity contribution >= 4 is 39.5 Å². The van der Waals surface area contributed by atoms with Crippen LogP contribution in [0.4, 0.5) is 0 Å². The summed E-state index contributed by atoms with van der Waals surface area (Å²) in [5.41, 5.74) is 0. The summed E-state index contributed by atoms with van der Waals surface area (Å²) in [6, 6.07) is 0. The van der Waals surface area contributed by atoms with Crippen molar-refractivity contribution in [3.05, 3.63) is 85.1 Å². The van der Waals surface area contributed by atoms with Crippen molar-refractivity contribution in [3.63, 3.8) is 0 Å². The van der Waals surface area contributed by atoms with Gasteiger partial charge in [-0.1, -0.05) is 267 Å². The molecular formula is C77H136O17P2. The first-order valence-corrected chi connectivity index (χ1v) is 40.8. The minimum atomic E-state index is -4.98.